The number of hydrogen-bond donors (Lipinski definition) is 0. The number of carbonyl (C=O) groups is 2. The van der Waals surface area contributed by atoms with Gasteiger partial charge < -0.3 is 4.74 Å². The summed E-state index contributed by atoms with van der Waals surface area (Å²) in [5, 5.41) is 2.67. The van der Waals surface area contributed by atoms with Crippen molar-refractivity contribution in [2.75, 3.05) is 7.05 Å². The van der Waals surface area contributed by atoms with Crippen molar-refractivity contribution >= 4 is 12.0 Å². The van der Waals surface area contributed by atoms with Gasteiger partial charge >= 0.3 is 6.09 Å². The van der Waals surface area contributed by atoms with Gasteiger partial charge in [0.15, 0.2) is 0 Å². The summed E-state index contributed by atoms with van der Waals surface area (Å²) < 4.78 is 5.20. The minimum Gasteiger partial charge on any atom is -0.442 e. The number of nitrogens with zero attached hydrogens (tertiary/aromatic N) is 2. The Labute approximate surface area is 89.9 Å². The summed E-state index contributed by atoms with van der Waals surface area (Å²) in [5.41, 5.74) is -0.538. The van der Waals surface area contributed by atoms with Crippen molar-refractivity contribution in [2.45, 2.75) is 45.8 Å². The number of ether oxygens (including phenoxy) is 1. The van der Waals surface area contributed by atoms with Crippen molar-refractivity contribution in [2.24, 2.45) is 0 Å². The number of hydrazine groups is 1. The van der Waals surface area contributed by atoms with Crippen LogP contribution in [0.25, 0.3) is 0 Å². The van der Waals surface area contributed by atoms with Gasteiger partial charge in [0, 0.05) is 7.05 Å². The van der Waals surface area contributed by atoms with Crippen molar-refractivity contribution < 1.29 is 14.3 Å². The van der Waals surface area contributed by atoms with E-state index < -0.39 is 11.7 Å². The summed E-state index contributed by atoms with van der Waals surface area (Å²) in [6.45, 7) is 7.22. The van der Waals surface area contributed by atoms with E-state index >= 15 is 0 Å². The predicted molar refractivity (Wildman–Crippen MR) is 54.9 cm³/mol. The second-order valence-electron chi connectivity index (χ2n) is 4.80. The third-order valence-electron chi connectivity index (χ3n) is 2.15. The van der Waals surface area contributed by atoms with Crippen LogP contribution in [0.15, 0.2) is 0 Å². The van der Waals surface area contributed by atoms with Crippen LogP contribution in [0.2, 0.25) is 0 Å². The van der Waals surface area contributed by atoms with Crippen molar-refractivity contribution in [3.63, 3.8) is 0 Å². The largest absolute Gasteiger partial charge is 0.442 e. The molecule has 0 aliphatic carbocycles. The van der Waals surface area contributed by atoms with Crippen molar-refractivity contribution in [1.29, 1.82) is 0 Å². The monoisotopic (exact) mass is 214 g/mol. The molecule has 86 valence electrons. The molecule has 0 bridgehead atoms. The van der Waals surface area contributed by atoms with Gasteiger partial charge in [0.2, 0.25) is 5.91 Å². The summed E-state index contributed by atoms with van der Waals surface area (Å²) in [5.74, 6) is -0.0617. The lowest BCUT2D eigenvalue weighted by Gasteiger charge is -2.30. The van der Waals surface area contributed by atoms with Crippen LogP contribution in [-0.2, 0) is 9.53 Å². The smallest absolute Gasteiger partial charge is 0.429 e. The van der Waals surface area contributed by atoms with Crippen LogP contribution in [0.1, 0.15) is 34.1 Å². The van der Waals surface area contributed by atoms with Gasteiger partial charge in [0.1, 0.15) is 5.60 Å². The highest BCUT2D eigenvalue weighted by molar-refractivity contribution is 5.83. The molecule has 5 nitrogen and oxygen atoms in total. The normalized spacial score (nSPS) is 22.2. The maximum atomic E-state index is 11.7. The van der Waals surface area contributed by atoms with Crippen LogP contribution < -0.4 is 0 Å². The second-order valence-corrected chi connectivity index (χ2v) is 4.80. The fraction of sp³-hybridized carbons (Fsp3) is 0.800. The van der Waals surface area contributed by atoms with Crippen LogP contribution in [0.4, 0.5) is 4.79 Å². The van der Waals surface area contributed by atoms with Crippen molar-refractivity contribution in [3.8, 4) is 0 Å². The Bertz CT molecular complexity index is 283. The molecule has 1 unspecified atom stereocenters. The van der Waals surface area contributed by atoms with Gasteiger partial charge in [-0.2, -0.15) is 0 Å². The average Bonchev–Trinajstić information content (AvgIpc) is 2.22. The molecule has 0 aromatic heterocycles. The third-order valence-corrected chi connectivity index (χ3v) is 2.15. The summed E-state index contributed by atoms with van der Waals surface area (Å²) >= 11 is 0. The summed E-state index contributed by atoms with van der Waals surface area (Å²) in [7, 11) is 1.58. The zero-order chi connectivity index (χ0) is 11.8. The van der Waals surface area contributed by atoms with E-state index in [9.17, 15) is 9.59 Å². The van der Waals surface area contributed by atoms with E-state index in [2.05, 4.69) is 0 Å². The fourth-order valence-corrected chi connectivity index (χ4v) is 1.50. The van der Waals surface area contributed by atoms with E-state index in [4.69, 9.17) is 4.74 Å². The van der Waals surface area contributed by atoms with Gasteiger partial charge in [-0.25, -0.2) is 9.80 Å². The number of hydrogen-bond acceptors (Lipinski definition) is 3. The number of rotatable bonds is 0. The lowest BCUT2D eigenvalue weighted by Crippen LogP contribution is -2.46. The van der Waals surface area contributed by atoms with Crippen molar-refractivity contribution in [3.05, 3.63) is 0 Å². The second kappa shape index (κ2) is 3.72. The van der Waals surface area contributed by atoms with E-state index in [0.29, 0.717) is 6.42 Å². The van der Waals surface area contributed by atoms with Crippen LogP contribution >= 0.6 is 0 Å². The van der Waals surface area contributed by atoms with Gasteiger partial charge in [0.25, 0.3) is 0 Å². The van der Waals surface area contributed by atoms with E-state index in [1.807, 2.05) is 6.92 Å². The van der Waals surface area contributed by atoms with Gasteiger partial charge in [0.05, 0.1) is 12.5 Å². The molecule has 0 N–H and O–H groups in total. The maximum Gasteiger partial charge on any atom is 0.429 e. The molecular formula is C10H18N2O3. The van der Waals surface area contributed by atoms with Crippen molar-refractivity contribution in [1.82, 2.24) is 10.0 Å². The zero-order valence-corrected chi connectivity index (χ0v) is 9.90. The molecule has 0 saturated carbocycles. The lowest BCUT2D eigenvalue weighted by molar-refractivity contribution is -0.135. The highest BCUT2D eigenvalue weighted by Gasteiger charge is 2.38. The molecule has 5 heteroatoms. The molecule has 1 atom stereocenters. The van der Waals surface area contributed by atoms with E-state index in [1.165, 1.54) is 10.0 Å². The molecule has 0 spiro atoms. The van der Waals surface area contributed by atoms with Gasteiger partial charge in [-0.05, 0) is 27.7 Å². The standard InChI is InChI=1S/C10H18N2O3/c1-7-6-8(13)11(5)12(7)9(14)15-10(2,3)4/h7H,6H2,1-5H3. The van der Waals surface area contributed by atoms with E-state index in [-0.39, 0.29) is 11.9 Å². The molecule has 1 rings (SSSR count). The first-order valence-electron chi connectivity index (χ1n) is 5.01. The average molecular weight is 214 g/mol. The molecule has 15 heavy (non-hydrogen) atoms. The Morgan fingerprint density at radius 2 is 2.00 bits per heavy atom. The SMILES string of the molecule is CC1CC(=O)N(C)N1C(=O)OC(C)(C)C. The van der Waals surface area contributed by atoms with Crippen LogP contribution in [0.3, 0.4) is 0 Å². The number of carbonyl (C=O) groups excluding carboxylic acids is 2. The Balaban J connectivity index is 2.72. The molecule has 1 saturated heterocycles. The van der Waals surface area contributed by atoms with Gasteiger partial charge in [-0.15, -0.1) is 0 Å². The molecule has 0 aromatic carbocycles. The van der Waals surface area contributed by atoms with Crippen LogP contribution in [0.5, 0.6) is 0 Å². The summed E-state index contributed by atoms with van der Waals surface area (Å²) in [6.07, 6.45) is -0.112. The Morgan fingerprint density at radius 3 is 2.33 bits per heavy atom. The molecule has 0 aromatic rings. The highest BCUT2D eigenvalue weighted by atomic mass is 16.6. The molecule has 0 radical (unpaired) electrons. The molecule has 1 aliphatic rings. The van der Waals surface area contributed by atoms with Crippen LogP contribution in [0, 0.1) is 0 Å². The van der Waals surface area contributed by atoms with E-state index in [1.54, 1.807) is 27.8 Å². The topological polar surface area (TPSA) is 49.9 Å². The van der Waals surface area contributed by atoms with Gasteiger partial charge in [-0.3, -0.25) is 9.80 Å². The molecular weight excluding hydrogens is 196 g/mol. The Hall–Kier alpha value is -1.26. The summed E-state index contributed by atoms with van der Waals surface area (Å²) in [4.78, 5) is 23.1. The maximum absolute atomic E-state index is 11.7. The minimum atomic E-state index is -0.538. The zero-order valence-electron chi connectivity index (χ0n) is 9.90. The third kappa shape index (κ3) is 2.61. The number of amides is 2. The molecule has 1 fully saturated rings. The first kappa shape index (κ1) is 11.8. The van der Waals surface area contributed by atoms with E-state index in [0.717, 1.165) is 0 Å². The van der Waals surface area contributed by atoms with Crippen LogP contribution in [-0.4, -0.2) is 40.7 Å². The Morgan fingerprint density at radius 1 is 1.47 bits per heavy atom. The summed E-state index contributed by atoms with van der Waals surface area (Å²) in [6, 6.07) is -0.127. The lowest BCUT2D eigenvalue weighted by atomic mass is 10.2. The molecule has 2 amide bonds. The van der Waals surface area contributed by atoms with Gasteiger partial charge in [-0.1, -0.05) is 0 Å². The quantitative estimate of drug-likeness (QED) is 0.612. The first-order chi connectivity index (χ1) is 6.72. The fourth-order valence-electron chi connectivity index (χ4n) is 1.50. The first-order valence-corrected chi connectivity index (χ1v) is 5.01. The molecule has 1 heterocycles. The molecule has 1 aliphatic heterocycles. The minimum absolute atomic E-state index is 0.0617. The Kier molecular flexibility index (Phi) is 2.93. The highest BCUT2D eigenvalue weighted by Crippen LogP contribution is 2.20. The predicted octanol–water partition coefficient (Wildman–Crippen LogP) is 1.39.